The first-order valence-corrected chi connectivity index (χ1v) is 7.49. The second-order valence-corrected chi connectivity index (χ2v) is 5.42. The summed E-state index contributed by atoms with van der Waals surface area (Å²) in [6.45, 7) is 1.04. The summed E-state index contributed by atoms with van der Waals surface area (Å²) < 4.78 is 57.7. The molecular formula is C16H19F3O5. The van der Waals surface area contributed by atoms with Crippen LogP contribution in [0.4, 0.5) is 18.0 Å². The number of carbonyl (C=O) groups excluding carboxylic acids is 1. The summed E-state index contributed by atoms with van der Waals surface area (Å²) in [5.74, 6) is -0.905. The van der Waals surface area contributed by atoms with Crippen molar-refractivity contribution >= 4 is 6.16 Å². The van der Waals surface area contributed by atoms with E-state index in [9.17, 15) is 18.0 Å². The molecule has 1 aromatic carbocycles. The molecule has 1 aliphatic rings. The molecular weight excluding hydrogens is 329 g/mol. The predicted molar refractivity (Wildman–Crippen MR) is 77.4 cm³/mol. The van der Waals surface area contributed by atoms with Crippen LogP contribution in [-0.4, -0.2) is 38.9 Å². The van der Waals surface area contributed by atoms with E-state index in [-0.39, 0.29) is 0 Å². The van der Waals surface area contributed by atoms with Crippen molar-refractivity contribution in [3.05, 3.63) is 35.4 Å². The van der Waals surface area contributed by atoms with Crippen molar-refractivity contribution in [1.29, 1.82) is 0 Å². The molecule has 24 heavy (non-hydrogen) atoms. The molecule has 1 aromatic rings. The van der Waals surface area contributed by atoms with E-state index < -0.39 is 23.7 Å². The van der Waals surface area contributed by atoms with Gasteiger partial charge < -0.3 is 18.9 Å². The molecule has 134 valence electrons. The summed E-state index contributed by atoms with van der Waals surface area (Å²) in [7, 11) is 1.22. The van der Waals surface area contributed by atoms with Gasteiger partial charge in [0.25, 0.3) is 0 Å². The Morgan fingerprint density at radius 2 is 2.08 bits per heavy atom. The Kier molecular flexibility index (Phi) is 6.06. The fraction of sp³-hybridized carbons (Fsp3) is 0.562. The molecule has 1 aliphatic heterocycles. The van der Waals surface area contributed by atoms with Gasteiger partial charge in [0.05, 0.1) is 19.3 Å². The third-order valence-corrected chi connectivity index (χ3v) is 3.54. The summed E-state index contributed by atoms with van der Waals surface area (Å²) >= 11 is 0. The average molecular weight is 348 g/mol. The molecule has 0 aliphatic carbocycles. The molecule has 1 fully saturated rings. The third kappa shape index (κ3) is 5.68. The van der Waals surface area contributed by atoms with Crippen molar-refractivity contribution in [2.45, 2.75) is 31.2 Å². The maximum Gasteiger partial charge on any atom is 0.510 e. The lowest BCUT2D eigenvalue weighted by Crippen LogP contribution is -2.21. The maximum atomic E-state index is 12.6. The summed E-state index contributed by atoms with van der Waals surface area (Å²) in [6.07, 6.45) is -3.66. The summed E-state index contributed by atoms with van der Waals surface area (Å²) in [5, 5.41) is 0. The second-order valence-electron chi connectivity index (χ2n) is 5.42. The zero-order chi connectivity index (χ0) is 17.6. The standard InChI is InChI=1S/C16H19F3O5/c1-21-14(20)24-15(11-23-15)7-3-8-22-9-6-12-4-2-5-13(10-12)16(17,18)19/h2,4-5,10H,3,6-9,11H2,1H3. The maximum absolute atomic E-state index is 12.6. The van der Waals surface area contributed by atoms with Crippen LogP contribution in [-0.2, 0) is 31.5 Å². The smallest absolute Gasteiger partial charge is 0.438 e. The average Bonchev–Trinajstić information content (AvgIpc) is 3.29. The van der Waals surface area contributed by atoms with Crippen molar-refractivity contribution in [3.63, 3.8) is 0 Å². The van der Waals surface area contributed by atoms with E-state index in [1.54, 1.807) is 6.07 Å². The van der Waals surface area contributed by atoms with Crippen molar-refractivity contribution in [2.24, 2.45) is 0 Å². The Labute approximate surface area is 137 Å². The monoisotopic (exact) mass is 348 g/mol. The molecule has 5 nitrogen and oxygen atoms in total. The number of epoxide rings is 1. The highest BCUT2D eigenvalue weighted by Crippen LogP contribution is 2.34. The number of alkyl halides is 3. The van der Waals surface area contributed by atoms with Gasteiger partial charge in [-0.1, -0.05) is 18.2 Å². The molecule has 0 amide bonds. The lowest BCUT2D eigenvalue weighted by molar-refractivity contribution is -0.137. The molecule has 1 unspecified atom stereocenters. The zero-order valence-electron chi connectivity index (χ0n) is 13.2. The van der Waals surface area contributed by atoms with Gasteiger partial charge in [0.15, 0.2) is 0 Å². The number of rotatable bonds is 8. The number of halogens is 3. The summed E-state index contributed by atoms with van der Waals surface area (Å²) in [6, 6.07) is 5.19. The minimum atomic E-state index is -4.34. The SMILES string of the molecule is COC(=O)OC1(CCCOCCc2cccc(C(F)(F)F)c2)CO1. The molecule has 0 saturated carbocycles. The number of carbonyl (C=O) groups is 1. The van der Waals surface area contributed by atoms with Gasteiger partial charge in [-0.05, 0) is 24.5 Å². The quantitative estimate of drug-likeness (QED) is 0.408. The van der Waals surface area contributed by atoms with Crippen LogP contribution in [0.15, 0.2) is 24.3 Å². The molecule has 1 atom stereocenters. The normalized spacial score (nSPS) is 19.8. The molecule has 0 spiro atoms. The number of benzene rings is 1. The Bertz CT molecular complexity index is 555. The number of hydrogen-bond donors (Lipinski definition) is 0. The van der Waals surface area contributed by atoms with Crippen LogP contribution < -0.4 is 0 Å². The van der Waals surface area contributed by atoms with E-state index in [1.165, 1.54) is 13.2 Å². The Hall–Kier alpha value is -1.80. The van der Waals surface area contributed by atoms with Gasteiger partial charge in [0.2, 0.25) is 5.79 Å². The zero-order valence-corrected chi connectivity index (χ0v) is 13.2. The van der Waals surface area contributed by atoms with Crippen LogP contribution in [0.2, 0.25) is 0 Å². The fourth-order valence-corrected chi connectivity index (χ4v) is 2.17. The lowest BCUT2D eigenvalue weighted by atomic mass is 10.1. The van der Waals surface area contributed by atoms with Crippen molar-refractivity contribution in [3.8, 4) is 0 Å². The van der Waals surface area contributed by atoms with E-state index >= 15 is 0 Å². The summed E-state index contributed by atoms with van der Waals surface area (Å²) in [4.78, 5) is 11.0. The van der Waals surface area contributed by atoms with E-state index in [0.717, 1.165) is 12.1 Å². The van der Waals surface area contributed by atoms with Gasteiger partial charge in [0, 0.05) is 13.0 Å². The van der Waals surface area contributed by atoms with Gasteiger partial charge >= 0.3 is 12.3 Å². The highest BCUT2D eigenvalue weighted by Gasteiger charge is 2.49. The third-order valence-electron chi connectivity index (χ3n) is 3.54. The first kappa shape index (κ1) is 18.5. The highest BCUT2D eigenvalue weighted by atomic mass is 19.4. The van der Waals surface area contributed by atoms with E-state index in [0.29, 0.717) is 44.6 Å². The first-order chi connectivity index (χ1) is 11.3. The molecule has 1 heterocycles. The molecule has 0 N–H and O–H groups in total. The number of ether oxygens (including phenoxy) is 4. The van der Waals surface area contributed by atoms with Gasteiger partial charge in [-0.15, -0.1) is 0 Å². The number of hydrogen-bond acceptors (Lipinski definition) is 5. The van der Waals surface area contributed by atoms with Gasteiger partial charge in [-0.25, -0.2) is 4.79 Å². The molecule has 1 saturated heterocycles. The largest absolute Gasteiger partial charge is 0.510 e. The van der Waals surface area contributed by atoms with Crippen LogP contribution in [0.25, 0.3) is 0 Å². The Morgan fingerprint density at radius 3 is 2.71 bits per heavy atom. The fourth-order valence-electron chi connectivity index (χ4n) is 2.17. The minimum Gasteiger partial charge on any atom is -0.438 e. The summed E-state index contributed by atoms with van der Waals surface area (Å²) in [5.41, 5.74) is -0.0892. The van der Waals surface area contributed by atoms with E-state index in [2.05, 4.69) is 4.74 Å². The van der Waals surface area contributed by atoms with Crippen LogP contribution in [0.1, 0.15) is 24.0 Å². The first-order valence-electron chi connectivity index (χ1n) is 7.49. The van der Waals surface area contributed by atoms with Crippen molar-refractivity contribution in [1.82, 2.24) is 0 Å². The van der Waals surface area contributed by atoms with Crippen LogP contribution in [0.5, 0.6) is 0 Å². The van der Waals surface area contributed by atoms with E-state index in [1.807, 2.05) is 0 Å². The predicted octanol–water partition coefficient (Wildman–Crippen LogP) is 3.55. The molecule has 0 aromatic heterocycles. The van der Waals surface area contributed by atoms with Crippen LogP contribution in [0, 0.1) is 0 Å². The van der Waals surface area contributed by atoms with Gasteiger partial charge in [-0.2, -0.15) is 13.2 Å². The molecule has 2 rings (SSSR count). The van der Waals surface area contributed by atoms with Gasteiger partial charge in [-0.3, -0.25) is 0 Å². The minimum absolute atomic E-state index is 0.313. The van der Waals surface area contributed by atoms with Crippen molar-refractivity contribution < 1.29 is 36.9 Å². The lowest BCUT2D eigenvalue weighted by Gasteiger charge is -2.12. The van der Waals surface area contributed by atoms with Gasteiger partial charge in [0.1, 0.15) is 6.61 Å². The Balaban J connectivity index is 1.63. The topological polar surface area (TPSA) is 57.3 Å². The molecule has 0 radical (unpaired) electrons. The van der Waals surface area contributed by atoms with Crippen molar-refractivity contribution in [2.75, 3.05) is 26.9 Å². The number of methoxy groups -OCH3 is 1. The molecule has 0 bridgehead atoms. The highest BCUT2D eigenvalue weighted by molar-refractivity contribution is 5.60. The van der Waals surface area contributed by atoms with E-state index in [4.69, 9.17) is 14.2 Å². The van der Waals surface area contributed by atoms with Crippen LogP contribution in [0.3, 0.4) is 0 Å². The molecule has 8 heteroatoms. The van der Waals surface area contributed by atoms with Crippen LogP contribution >= 0.6 is 0 Å². The Morgan fingerprint density at radius 1 is 1.33 bits per heavy atom. The second kappa shape index (κ2) is 7.85.